The normalized spacial score (nSPS) is 12.6. The third-order valence-electron chi connectivity index (χ3n) is 6.85. The summed E-state index contributed by atoms with van der Waals surface area (Å²) in [5.41, 5.74) is 1.77. The minimum atomic E-state index is -3.93. The van der Waals surface area contributed by atoms with Gasteiger partial charge in [-0.2, -0.15) is 0 Å². The van der Waals surface area contributed by atoms with E-state index >= 15 is 0 Å². The maximum atomic E-state index is 14.2. The number of hydrogen-bond acceptors (Lipinski definition) is 6. The zero-order valence-electron chi connectivity index (χ0n) is 24.5. The molecule has 0 saturated heterocycles. The molecule has 2 atom stereocenters. The van der Waals surface area contributed by atoms with Crippen LogP contribution >= 0.6 is 11.6 Å². The van der Waals surface area contributed by atoms with Gasteiger partial charge in [-0.1, -0.05) is 61.0 Å². The fraction of sp³-hybridized carbons (Fsp3) is 0.355. The van der Waals surface area contributed by atoms with Crippen LogP contribution < -0.4 is 19.1 Å². The minimum absolute atomic E-state index is 0.0361. The van der Waals surface area contributed by atoms with Crippen LogP contribution in [0.2, 0.25) is 5.02 Å². The van der Waals surface area contributed by atoms with Crippen molar-refractivity contribution in [2.24, 2.45) is 0 Å². The molecule has 0 unspecified atom stereocenters. The molecule has 0 aliphatic heterocycles. The number of carbonyl (C=O) groups excluding carboxylic acids is 2. The Kier molecular flexibility index (Phi) is 11.6. The van der Waals surface area contributed by atoms with Gasteiger partial charge >= 0.3 is 0 Å². The number of carbonyl (C=O) groups is 2. The molecule has 226 valence electrons. The van der Waals surface area contributed by atoms with E-state index in [1.165, 1.54) is 31.3 Å². The molecule has 0 bridgehead atoms. The Hall–Kier alpha value is -3.76. The van der Waals surface area contributed by atoms with Gasteiger partial charge in [0.25, 0.3) is 0 Å². The van der Waals surface area contributed by atoms with Crippen LogP contribution in [0, 0.1) is 0 Å². The molecule has 0 saturated carbocycles. The molecule has 9 nitrogen and oxygen atoms in total. The lowest BCUT2D eigenvalue weighted by molar-refractivity contribution is -0.140. The van der Waals surface area contributed by atoms with Gasteiger partial charge in [0.1, 0.15) is 12.6 Å². The van der Waals surface area contributed by atoms with Gasteiger partial charge < -0.3 is 19.7 Å². The standard InChI is InChI=1S/C31H38ClN3O6S/c1-6-22(2)33-31(37)27(18-23-11-8-7-9-12-23)34(20-24-13-10-14-25(32)17-24)30(36)21-35(42(5,38)39)26-15-16-28(40-3)29(19-26)41-4/h7-17,19,22,27H,6,18,20-21H2,1-5H3,(H,33,37)/t22-,27-/m1/s1. The predicted molar refractivity (Wildman–Crippen MR) is 166 cm³/mol. The number of rotatable bonds is 14. The van der Waals surface area contributed by atoms with Crippen molar-refractivity contribution in [1.29, 1.82) is 0 Å². The van der Waals surface area contributed by atoms with E-state index in [1.54, 1.807) is 30.3 Å². The first-order valence-electron chi connectivity index (χ1n) is 13.5. The number of benzene rings is 3. The van der Waals surface area contributed by atoms with E-state index in [0.29, 0.717) is 28.5 Å². The summed E-state index contributed by atoms with van der Waals surface area (Å²) in [6, 6.07) is 19.9. The van der Waals surface area contributed by atoms with E-state index in [9.17, 15) is 18.0 Å². The average molecular weight is 616 g/mol. The molecule has 0 heterocycles. The largest absolute Gasteiger partial charge is 0.493 e. The van der Waals surface area contributed by atoms with E-state index in [-0.39, 0.29) is 30.6 Å². The smallest absolute Gasteiger partial charge is 0.244 e. The van der Waals surface area contributed by atoms with Gasteiger partial charge in [-0.3, -0.25) is 13.9 Å². The van der Waals surface area contributed by atoms with Crippen molar-refractivity contribution in [2.45, 2.75) is 45.3 Å². The van der Waals surface area contributed by atoms with Crippen LogP contribution in [0.25, 0.3) is 0 Å². The highest BCUT2D eigenvalue weighted by atomic mass is 35.5. The SMILES string of the molecule is CC[C@@H](C)NC(=O)[C@@H](Cc1ccccc1)N(Cc1cccc(Cl)c1)C(=O)CN(c1ccc(OC)c(OC)c1)S(C)(=O)=O. The number of halogens is 1. The van der Waals surface area contributed by atoms with Crippen LogP contribution in [0.3, 0.4) is 0 Å². The van der Waals surface area contributed by atoms with Crippen LogP contribution in [-0.2, 0) is 32.6 Å². The molecule has 0 spiro atoms. The lowest BCUT2D eigenvalue weighted by Crippen LogP contribution is -2.54. The van der Waals surface area contributed by atoms with Crippen LogP contribution in [0.4, 0.5) is 5.69 Å². The summed E-state index contributed by atoms with van der Waals surface area (Å²) in [7, 11) is -1.02. The highest BCUT2D eigenvalue weighted by Crippen LogP contribution is 2.32. The molecule has 3 rings (SSSR count). The number of amides is 2. The van der Waals surface area contributed by atoms with E-state index < -0.39 is 28.5 Å². The van der Waals surface area contributed by atoms with Gasteiger partial charge in [0.05, 0.1) is 26.2 Å². The summed E-state index contributed by atoms with van der Waals surface area (Å²) in [5, 5.41) is 3.48. The highest BCUT2D eigenvalue weighted by molar-refractivity contribution is 7.92. The maximum Gasteiger partial charge on any atom is 0.244 e. The van der Waals surface area contributed by atoms with Crippen molar-refractivity contribution in [3.63, 3.8) is 0 Å². The molecular weight excluding hydrogens is 578 g/mol. The second-order valence-corrected chi connectivity index (χ2v) is 12.3. The molecule has 0 aromatic heterocycles. The van der Waals surface area contributed by atoms with Crippen LogP contribution in [0.1, 0.15) is 31.4 Å². The summed E-state index contributed by atoms with van der Waals surface area (Å²) in [5.74, 6) is -0.175. The van der Waals surface area contributed by atoms with Crippen molar-refractivity contribution >= 4 is 39.1 Å². The molecular formula is C31H38ClN3O6S. The molecule has 3 aromatic carbocycles. The lowest BCUT2D eigenvalue weighted by Gasteiger charge is -2.34. The Balaban J connectivity index is 2.08. The topological polar surface area (TPSA) is 105 Å². The number of methoxy groups -OCH3 is 2. The number of nitrogens with one attached hydrogen (secondary N) is 1. The Bertz CT molecular complexity index is 1470. The van der Waals surface area contributed by atoms with Crippen molar-refractivity contribution < 1.29 is 27.5 Å². The average Bonchev–Trinajstić information content (AvgIpc) is 2.97. The molecule has 0 aliphatic carbocycles. The van der Waals surface area contributed by atoms with Crippen LogP contribution in [0.5, 0.6) is 11.5 Å². The van der Waals surface area contributed by atoms with Gasteiger partial charge in [0.2, 0.25) is 21.8 Å². The Morgan fingerprint density at radius 2 is 1.60 bits per heavy atom. The Morgan fingerprint density at radius 1 is 0.929 bits per heavy atom. The second kappa shape index (κ2) is 14.9. The number of sulfonamides is 1. The summed E-state index contributed by atoms with van der Waals surface area (Å²) in [6.07, 6.45) is 1.95. The summed E-state index contributed by atoms with van der Waals surface area (Å²) in [6.45, 7) is 3.34. The number of ether oxygens (including phenoxy) is 2. The highest BCUT2D eigenvalue weighted by Gasteiger charge is 2.33. The summed E-state index contributed by atoms with van der Waals surface area (Å²) < 4.78 is 37.7. The molecule has 1 N–H and O–H groups in total. The first kappa shape index (κ1) is 32.8. The molecule has 42 heavy (non-hydrogen) atoms. The van der Waals surface area contributed by atoms with Crippen LogP contribution in [-0.4, -0.2) is 64.2 Å². The Labute approximate surface area is 253 Å². The third kappa shape index (κ3) is 8.87. The van der Waals surface area contributed by atoms with Crippen molar-refractivity contribution in [3.05, 3.63) is 88.9 Å². The van der Waals surface area contributed by atoms with Crippen molar-refractivity contribution in [2.75, 3.05) is 31.3 Å². The zero-order chi connectivity index (χ0) is 30.9. The van der Waals surface area contributed by atoms with Gasteiger partial charge in [0, 0.05) is 30.1 Å². The van der Waals surface area contributed by atoms with E-state index in [1.807, 2.05) is 44.2 Å². The Morgan fingerprint density at radius 3 is 2.19 bits per heavy atom. The predicted octanol–water partition coefficient (Wildman–Crippen LogP) is 4.68. The summed E-state index contributed by atoms with van der Waals surface area (Å²) in [4.78, 5) is 29.3. The van der Waals surface area contributed by atoms with E-state index in [2.05, 4.69) is 5.32 Å². The molecule has 3 aromatic rings. The van der Waals surface area contributed by atoms with Gasteiger partial charge in [-0.25, -0.2) is 8.42 Å². The minimum Gasteiger partial charge on any atom is -0.493 e. The number of nitrogens with zero attached hydrogens (tertiary/aromatic N) is 2. The molecule has 0 fully saturated rings. The first-order chi connectivity index (χ1) is 20.0. The van der Waals surface area contributed by atoms with Crippen molar-refractivity contribution in [1.82, 2.24) is 10.2 Å². The molecule has 2 amide bonds. The van der Waals surface area contributed by atoms with Crippen molar-refractivity contribution in [3.8, 4) is 11.5 Å². The van der Waals surface area contributed by atoms with Gasteiger partial charge in [-0.05, 0) is 48.7 Å². The maximum absolute atomic E-state index is 14.2. The van der Waals surface area contributed by atoms with E-state index in [0.717, 1.165) is 16.1 Å². The second-order valence-electron chi connectivity index (χ2n) is 9.98. The third-order valence-corrected chi connectivity index (χ3v) is 8.22. The fourth-order valence-electron chi connectivity index (χ4n) is 4.42. The lowest BCUT2D eigenvalue weighted by atomic mass is 10.0. The van der Waals surface area contributed by atoms with Gasteiger partial charge in [-0.15, -0.1) is 0 Å². The number of anilines is 1. The quantitative estimate of drug-likeness (QED) is 0.282. The molecule has 0 aliphatic rings. The van der Waals surface area contributed by atoms with E-state index in [4.69, 9.17) is 21.1 Å². The first-order valence-corrected chi connectivity index (χ1v) is 15.8. The molecule has 0 radical (unpaired) electrons. The zero-order valence-corrected chi connectivity index (χ0v) is 26.1. The van der Waals surface area contributed by atoms with Crippen LogP contribution in [0.15, 0.2) is 72.8 Å². The number of hydrogen-bond donors (Lipinski definition) is 1. The monoisotopic (exact) mass is 615 g/mol. The molecule has 11 heteroatoms. The summed E-state index contributed by atoms with van der Waals surface area (Å²) >= 11 is 6.25. The van der Waals surface area contributed by atoms with Gasteiger partial charge in [0.15, 0.2) is 11.5 Å². The fourth-order valence-corrected chi connectivity index (χ4v) is 5.48.